The van der Waals surface area contributed by atoms with Crippen LogP contribution in [-0.2, 0) is 23.3 Å². The maximum Gasteiger partial charge on any atom is 0.251 e. The minimum Gasteiger partial charge on any atom is -0.490 e. The zero-order chi connectivity index (χ0) is 28.0. The summed E-state index contributed by atoms with van der Waals surface area (Å²) in [4.78, 5) is 13.6. The number of benzene rings is 3. The molecule has 210 valence electrons. The SMILES string of the molecule is COCc1cc2cc(c1)C(=O)N[C@H]([C@H](O)CNC1(c3cccc(Br)c3)CC1)Cc1cccc(c1)OCC=CCN2. The number of hydrogen-bond donors (Lipinski definition) is 4. The van der Waals surface area contributed by atoms with Gasteiger partial charge < -0.3 is 30.5 Å². The number of fused-ring (bicyclic) bond motifs is 4. The van der Waals surface area contributed by atoms with E-state index in [1.165, 1.54) is 5.56 Å². The number of carbonyl (C=O) groups is 1. The van der Waals surface area contributed by atoms with Crippen LogP contribution in [0.1, 0.15) is 39.9 Å². The largest absolute Gasteiger partial charge is 0.490 e. The molecular formula is C32H36BrN3O4. The van der Waals surface area contributed by atoms with Gasteiger partial charge in [-0.25, -0.2) is 0 Å². The Morgan fingerprint density at radius 3 is 2.77 bits per heavy atom. The number of methoxy groups -OCH3 is 1. The molecule has 2 atom stereocenters. The molecule has 2 aliphatic rings. The molecule has 40 heavy (non-hydrogen) atoms. The molecule has 4 N–H and O–H groups in total. The molecule has 0 unspecified atom stereocenters. The van der Waals surface area contributed by atoms with Crippen molar-refractivity contribution in [3.8, 4) is 5.75 Å². The molecule has 5 rings (SSSR count). The number of anilines is 1. The van der Waals surface area contributed by atoms with E-state index >= 15 is 0 Å². The number of aliphatic hydroxyl groups is 1. The van der Waals surface area contributed by atoms with Crippen LogP contribution in [0.15, 0.2) is 83.4 Å². The Bertz CT molecular complexity index is 1360. The predicted molar refractivity (Wildman–Crippen MR) is 161 cm³/mol. The normalized spacial score (nSPS) is 19.2. The van der Waals surface area contributed by atoms with Crippen molar-refractivity contribution in [1.29, 1.82) is 0 Å². The van der Waals surface area contributed by atoms with Gasteiger partial charge >= 0.3 is 0 Å². The second kappa shape index (κ2) is 13.0. The van der Waals surface area contributed by atoms with Crippen molar-refractivity contribution in [3.05, 3.63) is 106 Å². The highest BCUT2D eigenvalue weighted by atomic mass is 79.9. The lowest BCUT2D eigenvalue weighted by atomic mass is 9.98. The topological polar surface area (TPSA) is 91.9 Å². The summed E-state index contributed by atoms with van der Waals surface area (Å²) in [6.07, 6.45) is 5.61. The number of carbonyl (C=O) groups excluding carboxylic acids is 1. The molecule has 1 fully saturated rings. The van der Waals surface area contributed by atoms with E-state index in [2.05, 4.69) is 44.0 Å². The van der Waals surface area contributed by atoms with E-state index in [4.69, 9.17) is 9.47 Å². The van der Waals surface area contributed by atoms with E-state index < -0.39 is 12.1 Å². The number of ether oxygens (including phenoxy) is 2. The third-order valence-corrected chi connectivity index (χ3v) is 7.91. The molecule has 1 heterocycles. The van der Waals surface area contributed by atoms with Gasteiger partial charge in [0.15, 0.2) is 0 Å². The van der Waals surface area contributed by atoms with Crippen LogP contribution in [0.5, 0.6) is 5.75 Å². The lowest BCUT2D eigenvalue weighted by molar-refractivity contribution is 0.0822. The van der Waals surface area contributed by atoms with Gasteiger partial charge in [0.1, 0.15) is 12.4 Å². The lowest BCUT2D eigenvalue weighted by Crippen LogP contribution is -2.50. The van der Waals surface area contributed by atoms with E-state index in [0.29, 0.717) is 38.3 Å². The van der Waals surface area contributed by atoms with Gasteiger partial charge in [0.2, 0.25) is 0 Å². The molecule has 0 spiro atoms. The van der Waals surface area contributed by atoms with Gasteiger partial charge in [-0.05, 0) is 84.5 Å². The molecule has 7 nitrogen and oxygen atoms in total. The van der Waals surface area contributed by atoms with Gasteiger partial charge in [0, 0.05) is 41.5 Å². The average Bonchev–Trinajstić information content (AvgIpc) is 3.74. The Morgan fingerprint density at radius 1 is 1.12 bits per heavy atom. The van der Waals surface area contributed by atoms with E-state index in [-0.39, 0.29) is 11.4 Å². The van der Waals surface area contributed by atoms with Crippen LogP contribution in [0.3, 0.4) is 0 Å². The van der Waals surface area contributed by atoms with Gasteiger partial charge in [-0.15, -0.1) is 0 Å². The minimum absolute atomic E-state index is 0.149. The van der Waals surface area contributed by atoms with Gasteiger partial charge in [0.25, 0.3) is 5.91 Å². The number of hydrogen-bond acceptors (Lipinski definition) is 6. The first-order chi connectivity index (χ1) is 19.4. The summed E-state index contributed by atoms with van der Waals surface area (Å²) in [5.41, 5.74) is 4.26. The Labute approximate surface area is 244 Å². The molecule has 0 saturated heterocycles. The summed E-state index contributed by atoms with van der Waals surface area (Å²) in [7, 11) is 1.63. The Balaban J connectivity index is 1.40. The number of amides is 1. The predicted octanol–water partition coefficient (Wildman–Crippen LogP) is 4.94. The third-order valence-electron chi connectivity index (χ3n) is 7.41. The molecule has 3 aromatic carbocycles. The van der Waals surface area contributed by atoms with Crippen molar-refractivity contribution >= 4 is 27.5 Å². The van der Waals surface area contributed by atoms with Crippen LogP contribution < -0.4 is 20.7 Å². The molecule has 4 bridgehead atoms. The van der Waals surface area contributed by atoms with Crippen LogP contribution in [-0.4, -0.2) is 50.0 Å². The van der Waals surface area contributed by atoms with Crippen LogP contribution in [0.25, 0.3) is 0 Å². The van der Waals surface area contributed by atoms with Gasteiger partial charge in [-0.1, -0.05) is 46.3 Å². The highest BCUT2D eigenvalue weighted by Crippen LogP contribution is 2.46. The highest BCUT2D eigenvalue weighted by Gasteiger charge is 2.44. The summed E-state index contributed by atoms with van der Waals surface area (Å²) in [6, 6.07) is 21.2. The summed E-state index contributed by atoms with van der Waals surface area (Å²) in [5.74, 6) is 0.508. The smallest absolute Gasteiger partial charge is 0.251 e. The highest BCUT2D eigenvalue weighted by molar-refractivity contribution is 9.10. The number of nitrogens with one attached hydrogen (secondary N) is 3. The third kappa shape index (κ3) is 7.31. The first-order valence-electron chi connectivity index (χ1n) is 13.7. The van der Waals surface area contributed by atoms with Crippen LogP contribution in [0, 0.1) is 0 Å². The fourth-order valence-corrected chi connectivity index (χ4v) is 5.52. The summed E-state index contributed by atoms with van der Waals surface area (Å²) in [6.45, 7) is 1.77. The summed E-state index contributed by atoms with van der Waals surface area (Å²) < 4.78 is 12.3. The fourth-order valence-electron chi connectivity index (χ4n) is 5.12. The summed E-state index contributed by atoms with van der Waals surface area (Å²) in [5, 5.41) is 21.5. The van der Waals surface area contributed by atoms with Gasteiger partial charge in [-0.3, -0.25) is 4.79 Å². The summed E-state index contributed by atoms with van der Waals surface area (Å²) >= 11 is 3.57. The standard InChI is InChI=1S/C32H36BrN3O4/c1-39-21-23-14-24-18-27(15-23)34-12-2-3-13-40-28-9-4-6-22(16-28)17-29(36-31(24)38)30(37)20-35-32(10-11-32)25-7-5-8-26(33)19-25/h2-9,14-16,18-19,29-30,34-35,37H,10-13,17,20-21H2,1H3,(H,36,38)/t29-,30+/m0/s1. The van der Waals surface area contributed by atoms with E-state index in [0.717, 1.165) is 39.9 Å². The number of halogens is 1. The fraction of sp³-hybridized carbons (Fsp3) is 0.344. The number of aliphatic hydroxyl groups excluding tert-OH is 1. The first-order valence-corrected chi connectivity index (χ1v) is 14.5. The van der Waals surface area contributed by atoms with Crippen molar-refractivity contribution in [2.75, 3.05) is 32.1 Å². The average molecular weight is 607 g/mol. The monoisotopic (exact) mass is 605 g/mol. The minimum atomic E-state index is -0.820. The van der Waals surface area contributed by atoms with E-state index in [1.54, 1.807) is 7.11 Å². The second-order valence-electron chi connectivity index (χ2n) is 10.5. The van der Waals surface area contributed by atoms with Crippen molar-refractivity contribution in [2.24, 2.45) is 0 Å². The van der Waals surface area contributed by atoms with Crippen molar-refractivity contribution in [2.45, 2.75) is 43.6 Å². The lowest BCUT2D eigenvalue weighted by Gasteiger charge is -2.27. The zero-order valence-corrected chi connectivity index (χ0v) is 24.2. The molecule has 1 amide bonds. The van der Waals surface area contributed by atoms with Crippen molar-refractivity contribution in [1.82, 2.24) is 10.6 Å². The Morgan fingerprint density at radius 2 is 1.98 bits per heavy atom. The van der Waals surface area contributed by atoms with E-state index in [1.807, 2.05) is 66.7 Å². The van der Waals surface area contributed by atoms with Crippen LogP contribution in [0.4, 0.5) is 5.69 Å². The zero-order valence-electron chi connectivity index (χ0n) is 22.7. The Hall–Kier alpha value is -3.17. The van der Waals surface area contributed by atoms with Gasteiger partial charge in [0.05, 0.1) is 18.8 Å². The Kier molecular flexibility index (Phi) is 9.22. The van der Waals surface area contributed by atoms with E-state index in [9.17, 15) is 9.90 Å². The maximum atomic E-state index is 13.6. The molecule has 3 aromatic rings. The quantitative estimate of drug-likeness (QED) is 0.285. The molecule has 8 heteroatoms. The van der Waals surface area contributed by atoms with Crippen LogP contribution in [0.2, 0.25) is 0 Å². The molecule has 1 saturated carbocycles. The molecular weight excluding hydrogens is 570 g/mol. The second-order valence-corrected chi connectivity index (χ2v) is 11.4. The molecule has 1 aliphatic heterocycles. The first kappa shape index (κ1) is 28.4. The van der Waals surface area contributed by atoms with Crippen molar-refractivity contribution in [3.63, 3.8) is 0 Å². The molecule has 0 radical (unpaired) electrons. The van der Waals surface area contributed by atoms with Crippen molar-refractivity contribution < 1.29 is 19.4 Å². The molecule has 0 aromatic heterocycles. The van der Waals surface area contributed by atoms with Crippen LogP contribution >= 0.6 is 15.9 Å². The number of rotatable bonds is 7. The van der Waals surface area contributed by atoms with Gasteiger partial charge in [-0.2, -0.15) is 0 Å². The molecule has 1 aliphatic carbocycles. The maximum absolute atomic E-state index is 13.6.